The van der Waals surface area contributed by atoms with Crippen LogP contribution in [0.5, 0.6) is 0 Å². The van der Waals surface area contributed by atoms with Crippen LogP contribution >= 0.6 is 23.2 Å². The third-order valence-corrected chi connectivity index (χ3v) is 10.7. The van der Waals surface area contributed by atoms with Gasteiger partial charge in [0.25, 0.3) is 5.69 Å². The summed E-state index contributed by atoms with van der Waals surface area (Å²) in [6.45, 7) is 7.56. The first-order valence-corrected chi connectivity index (χ1v) is 24.6. The van der Waals surface area contributed by atoms with Crippen molar-refractivity contribution in [2.45, 2.75) is 42.5 Å². The maximum Gasteiger partial charge on any atom is 0.491 e. The summed E-state index contributed by atoms with van der Waals surface area (Å²) < 4.78 is 125. The van der Waals surface area contributed by atoms with Crippen LogP contribution in [0.2, 0.25) is 10.3 Å². The number of rotatable bonds is 12. The largest absolute Gasteiger partial charge is 0.491 e. The number of nitrogens with zero attached hydrogens (tertiary/aromatic N) is 4. The van der Waals surface area contributed by atoms with Gasteiger partial charge in [0.2, 0.25) is 6.20 Å². The molecule has 8 rings (SSSR count). The Morgan fingerprint density at radius 2 is 0.881 bits per heavy atom. The van der Waals surface area contributed by atoms with Gasteiger partial charge in [0, 0.05) is 64.0 Å². The van der Waals surface area contributed by atoms with Gasteiger partial charge >= 0.3 is 31.0 Å². The fraction of sp³-hybridized carbons (Fsp3) is 0.172. The van der Waals surface area contributed by atoms with Gasteiger partial charge in [-0.3, -0.25) is 10.2 Å². The van der Waals surface area contributed by atoms with Crippen molar-refractivity contribution in [1.29, 1.82) is 0 Å². The van der Waals surface area contributed by atoms with Crippen molar-refractivity contribution in [3.05, 3.63) is 219 Å². The van der Waals surface area contributed by atoms with Gasteiger partial charge in [0.05, 0.1) is 60.1 Å². The van der Waals surface area contributed by atoms with E-state index in [1.807, 2.05) is 0 Å². The molecule has 4 aromatic carbocycles. The molecule has 0 spiro atoms. The van der Waals surface area contributed by atoms with E-state index in [9.17, 15) is 59.5 Å². The van der Waals surface area contributed by atoms with Gasteiger partial charge in [-0.15, -0.1) is 0 Å². The van der Waals surface area contributed by atoms with E-state index in [0.717, 1.165) is 42.5 Å². The number of ether oxygens (including phenoxy) is 4. The van der Waals surface area contributed by atoms with Crippen LogP contribution in [-0.2, 0) is 18.9 Å². The van der Waals surface area contributed by atoms with Crippen LogP contribution in [0.4, 0.5) is 35.1 Å². The van der Waals surface area contributed by atoms with Gasteiger partial charge in [0.1, 0.15) is 62.4 Å². The van der Waals surface area contributed by atoms with Crippen molar-refractivity contribution >= 4 is 59.7 Å². The quantitative estimate of drug-likeness (QED) is 0.0198. The summed E-state index contributed by atoms with van der Waals surface area (Å²) in [7, 11) is -1.89. The Hall–Kier alpha value is -8.84. The molecule has 0 saturated heterocycles. The molecule has 8 aromatic rings. The summed E-state index contributed by atoms with van der Waals surface area (Å²) in [6.07, 6.45) is 4.19. The van der Waals surface area contributed by atoms with Crippen molar-refractivity contribution in [3.63, 3.8) is 0 Å². The van der Waals surface area contributed by atoms with Crippen LogP contribution in [-0.4, -0.2) is 87.6 Å². The Morgan fingerprint density at radius 1 is 0.488 bits per heavy atom. The van der Waals surface area contributed by atoms with E-state index in [0.29, 0.717) is 35.1 Å². The smallest absolute Gasteiger partial charge is 0.462 e. The predicted molar refractivity (Wildman–Crippen MR) is 296 cm³/mol. The molecule has 0 amide bonds. The van der Waals surface area contributed by atoms with E-state index < -0.39 is 77.5 Å². The molecule has 0 atom stereocenters. The summed E-state index contributed by atoms with van der Waals surface area (Å²) in [4.78, 5) is 58.2. The first-order valence-electron chi connectivity index (χ1n) is 23.9. The number of halogens is 10. The zero-order valence-corrected chi connectivity index (χ0v) is 44.9. The van der Waals surface area contributed by atoms with Crippen LogP contribution in [0.3, 0.4) is 0 Å². The standard InChI is InChI=1S/C14H10ClF2NO2.C14H12F2NO3.C14H11F2NO2.C8H8ClNO2.C6H5BF2O2.2CH4/c1-2-20-14(19)10-5-6-12(15)18-13(10)9-4-3-8(16)7-11(9)17;1-2-20-14(18)11-4-3-7-17(19)13(11)10-6-5-9(15)8-12(10)16;1-2-19-14(18)11-4-3-7-17-13(11)10-6-5-9(15)8-12(10)16;1-2-12-8(11)6-4-3-5-10-7(6)9;8-4-1-2-5(7(10)11)6(9)3-4;;/h3-7H,2H2,1H3;3-8,19H,2H2,1H3;3-8H,2H2,1H3;3-5H,2H2,1H3;1-3,10-11H;2*1H4/q;+1;;;;;. The van der Waals surface area contributed by atoms with Crippen molar-refractivity contribution in [1.82, 2.24) is 15.0 Å². The molecule has 26 heteroatoms. The van der Waals surface area contributed by atoms with Crippen LogP contribution in [0.1, 0.15) is 84.0 Å². The van der Waals surface area contributed by atoms with E-state index in [2.05, 4.69) is 15.0 Å². The Labute approximate surface area is 487 Å². The Balaban J connectivity index is 0.000000363. The second kappa shape index (κ2) is 35.2. The Kier molecular flexibility index (Phi) is 29.9. The van der Waals surface area contributed by atoms with E-state index >= 15 is 0 Å². The van der Waals surface area contributed by atoms with Gasteiger partial charge in [-0.05, 0) is 113 Å². The van der Waals surface area contributed by atoms with Crippen molar-refractivity contribution in [2.75, 3.05) is 26.4 Å². The maximum atomic E-state index is 13.8. The topological polar surface area (TPSA) is 208 Å². The lowest BCUT2D eigenvalue weighted by Gasteiger charge is -2.09. The molecule has 0 fully saturated rings. The van der Waals surface area contributed by atoms with Crippen molar-refractivity contribution in [3.8, 4) is 33.8 Å². The normalized spacial score (nSPS) is 9.90. The van der Waals surface area contributed by atoms with Gasteiger partial charge in [-0.2, -0.15) is 0 Å². The molecule has 4 aromatic heterocycles. The minimum Gasteiger partial charge on any atom is -0.462 e. The summed E-state index contributed by atoms with van der Waals surface area (Å²) in [5.74, 6) is -8.70. The monoisotopic (exact) mass is 1220 g/mol. The summed E-state index contributed by atoms with van der Waals surface area (Å²) in [5.41, 5.74) is 0.196. The highest BCUT2D eigenvalue weighted by atomic mass is 35.5. The van der Waals surface area contributed by atoms with Gasteiger partial charge in [0.15, 0.2) is 0 Å². The zero-order chi connectivity index (χ0) is 60.6. The van der Waals surface area contributed by atoms with E-state index in [-0.39, 0.29) is 101 Å². The van der Waals surface area contributed by atoms with Crippen LogP contribution in [0, 0.1) is 46.5 Å². The second-order valence-electron chi connectivity index (χ2n) is 15.7. The molecule has 0 aliphatic heterocycles. The molecule has 15 nitrogen and oxygen atoms in total. The molecular formula is C58H54BCl2F8N4O11+. The fourth-order valence-corrected chi connectivity index (χ4v) is 6.99. The number of carbonyl (C=O) groups excluding carboxylic acids is 4. The number of carbonyl (C=O) groups is 4. The first-order chi connectivity index (χ1) is 39.1. The van der Waals surface area contributed by atoms with Gasteiger partial charge in [-0.25, -0.2) is 64.3 Å². The lowest BCUT2D eigenvalue weighted by atomic mass is 9.80. The summed E-state index contributed by atoms with van der Waals surface area (Å²) in [6, 6.07) is 23.4. The highest BCUT2D eigenvalue weighted by Crippen LogP contribution is 2.29. The average Bonchev–Trinajstić information content (AvgIpc) is 3.58. The number of pyridine rings is 4. The molecule has 0 bridgehead atoms. The molecule has 0 saturated carbocycles. The molecule has 84 heavy (non-hydrogen) atoms. The second-order valence-corrected chi connectivity index (χ2v) is 16.4. The van der Waals surface area contributed by atoms with Gasteiger partial charge < -0.3 is 29.0 Å². The molecule has 0 unspecified atom stereocenters. The zero-order valence-electron chi connectivity index (χ0n) is 43.4. The molecule has 0 radical (unpaired) electrons. The number of hydrogen-bond acceptors (Lipinski definition) is 14. The fourth-order valence-electron chi connectivity index (χ4n) is 6.65. The molecule has 4 heterocycles. The summed E-state index contributed by atoms with van der Waals surface area (Å²) >= 11 is 11.4. The van der Waals surface area contributed by atoms with Crippen LogP contribution < -0.4 is 10.2 Å². The number of aromatic nitrogens is 4. The van der Waals surface area contributed by atoms with Crippen LogP contribution in [0.25, 0.3) is 33.8 Å². The SMILES string of the molecule is C.C.CCOC(=O)c1ccc(Cl)nc1-c1ccc(F)cc1F.CCOC(=O)c1ccc[n+](O)c1-c1ccc(F)cc1F.CCOC(=O)c1cccnc1-c1ccc(F)cc1F.CCOC(=O)c1cccnc1Cl.OB(O)c1ccc(F)cc1F. The van der Waals surface area contributed by atoms with E-state index in [1.54, 1.807) is 45.9 Å². The van der Waals surface area contributed by atoms with E-state index in [1.165, 1.54) is 61.1 Å². The average molecular weight is 1220 g/mol. The minimum absolute atomic E-state index is 0. The first kappa shape index (κ1) is 71.3. The lowest BCUT2D eigenvalue weighted by Crippen LogP contribution is -2.34. The molecule has 0 aliphatic carbocycles. The van der Waals surface area contributed by atoms with Gasteiger partial charge in [-0.1, -0.05) is 44.1 Å². The Bertz CT molecular complexity index is 3520. The summed E-state index contributed by atoms with van der Waals surface area (Å²) in [5, 5.41) is 27.1. The predicted octanol–water partition coefficient (Wildman–Crippen LogP) is 12.2. The molecule has 3 N–H and O–H groups in total. The molecule has 0 aliphatic rings. The molecule has 444 valence electrons. The highest BCUT2D eigenvalue weighted by molar-refractivity contribution is 6.58. The Morgan fingerprint density at radius 3 is 1.33 bits per heavy atom. The van der Waals surface area contributed by atoms with E-state index in [4.69, 9.17) is 52.2 Å². The van der Waals surface area contributed by atoms with Crippen molar-refractivity contribution < 1.29 is 93.2 Å². The third kappa shape index (κ3) is 20.6. The number of benzene rings is 4. The number of esters is 4. The minimum atomic E-state index is -1.89. The highest BCUT2D eigenvalue weighted by Gasteiger charge is 2.28. The third-order valence-electron chi connectivity index (χ3n) is 10.2. The van der Waals surface area contributed by atoms with Crippen molar-refractivity contribution in [2.24, 2.45) is 0 Å². The van der Waals surface area contributed by atoms with Crippen LogP contribution in [0.15, 0.2) is 140 Å². The lowest BCUT2D eigenvalue weighted by molar-refractivity contribution is -0.896. The molecular weight excluding hydrogens is 1160 g/mol. The number of hydrogen-bond donors (Lipinski definition) is 3. The maximum absolute atomic E-state index is 13.8.